The van der Waals surface area contributed by atoms with E-state index < -0.39 is 0 Å². The standard InChI is InChI=1S/C10H11BrN4OS2/c1-2-12-10-15-14-9(18-10)8(16)13-5-7-6(11)3-4-17-7/h3-4H,2,5H2,1H3,(H,12,15)(H,13,16). The predicted octanol–water partition coefficient (Wildman–Crippen LogP) is 2.72. The van der Waals surface area contributed by atoms with E-state index >= 15 is 0 Å². The lowest BCUT2D eigenvalue weighted by Crippen LogP contribution is -2.22. The molecule has 0 aliphatic rings. The van der Waals surface area contributed by atoms with Crippen LogP contribution in [0.3, 0.4) is 0 Å². The number of hydrogen-bond donors (Lipinski definition) is 2. The second kappa shape index (κ2) is 6.26. The van der Waals surface area contributed by atoms with Gasteiger partial charge in [-0.1, -0.05) is 11.3 Å². The molecule has 5 nitrogen and oxygen atoms in total. The van der Waals surface area contributed by atoms with Crippen molar-refractivity contribution in [3.63, 3.8) is 0 Å². The number of aromatic nitrogens is 2. The largest absolute Gasteiger partial charge is 0.360 e. The molecular formula is C10H11BrN4OS2. The molecular weight excluding hydrogens is 336 g/mol. The highest BCUT2D eigenvalue weighted by molar-refractivity contribution is 9.10. The van der Waals surface area contributed by atoms with Crippen LogP contribution in [0.5, 0.6) is 0 Å². The molecule has 2 aromatic rings. The van der Waals surface area contributed by atoms with Crippen LogP contribution in [-0.2, 0) is 6.54 Å². The maximum absolute atomic E-state index is 11.8. The van der Waals surface area contributed by atoms with Gasteiger partial charge in [0.2, 0.25) is 10.1 Å². The molecule has 0 aliphatic carbocycles. The van der Waals surface area contributed by atoms with E-state index in [9.17, 15) is 4.79 Å². The summed E-state index contributed by atoms with van der Waals surface area (Å²) < 4.78 is 1.01. The lowest BCUT2D eigenvalue weighted by atomic mass is 10.4. The molecule has 2 N–H and O–H groups in total. The zero-order chi connectivity index (χ0) is 13.0. The summed E-state index contributed by atoms with van der Waals surface area (Å²) in [5.41, 5.74) is 0. The molecule has 96 valence electrons. The molecule has 0 saturated carbocycles. The highest BCUT2D eigenvalue weighted by Gasteiger charge is 2.12. The van der Waals surface area contributed by atoms with Gasteiger partial charge < -0.3 is 10.6 Å². The van der Waals surface area contributed by atoms with Gasteiger partial charge in [0.05, 0.1) is 6.54 Å². The normalized spacial score (nSPS) is 10.3. The van der Waals surface area contributed by atoms with Crippen molar-refractivity contribution in [3.8, 4) is 0 Å². The highest BCUT2D eigenvalue weighted by atomic mass is 79.9. The van der Waals surface area contributed by atoms with Gasteiger partial charge in [-0.3, -0.25) is 4.79 Å². The van der Waals surface area contributed by atoms with Crippen LogP contribution in [0.15, 0.2) is 15.9 Å². The fourth-order valence-electron chi connectivity index (χ4n) is 1.23. The predicted molar refractivity (Wildman–Crippen MR) is 77.3 cm³/mol. The van der Waals surface area contributed by atoms with Crippen LogP contribution in [0.25, 0.3) is 0 Å². The Balaban J connectivity index is 1.93. The van der Waals surface area contributed by atoms with Crippen molar-refractivity contribution >= 4 is 49.6 Å². The number of hydrogen-bond acceptors (Lipinski definition) is 6. The van der Waals surface area contributed by atoms with Crippen molar-refractivity contribution in [2.75, 3.05) is 11.9 Å². The molecule has 8 heteroatoms. The number of thiophene rings is 1. The monoisotopic (exact) mass is 346 g/mol. The number of carbonyl (C=O) groups is 1. The van der Waals surface area contributed by atoms with Crippen LogP contribution in [0.1, 0.15) is 21.6 Å². The number of nitrogens with zero attached hydrogens (tertiary/aromatic N) is 2. The molecule has 0 radical (unpaired) electrons. The third kappa shape index (κ3) is 3.27. The molecule has 0 fully saturated rings. The number of nitrogens with one attached hydrogen (secondary N) is 2. The quantitative estimate of drug-likeness (QED) is 0.873. The van der Waals surface area contributed by atoms with E-state index in [-0.39, 0.29) is 5.91 Å². The number of amides is 1. The van der Waals surface area contributed by atoms with Gasteiger partial charge in [0.15, 0.2) is 0 Å². The van der Waals surface area contributed by atoms with Gasteiger partial charge >= 0.3 is 0 Å². The molecule has 0 spiro atoms. The van der Waals surface area contributed by atoms with E-state index in [2.05, 4.69) is 36.8 Å². The summed E-state index contributed by atoms with van der Waals surface area (Å²) in [6, 6.07) is 1.96. The van der Waals surface area contributed by atoms with E-state index in [1.807, 2.05) is 18.4 Å². The summed E-state index contributed by atoms with van der Waals surface area (Å²) in [6.07, 6.45) is 0. The Bertz CT molecular complexity index is 539. The van der Waals surface area contributed by atoms with E-state index in [1.165, 1.54) is 11.3 Å². The third-order valence-corrected chi connectivity index (χ3v) is 4.85. The van der Waals surface area contributed by atoms with Crippen molar-refractivity contribution in [2.24, 2.45) is 0 Å². The van der Waals surface area contributed by atoms with Gasteiger partial charge in [-0.2, -0.15) is 0 Å². The first-order chi connectivity index (χ1) is 8.70. The van der Waals surface area contributed by atoms with Crippen molar-refractivity contribution < 1.29 is 4.79 Å². The van der Waals surface area contributed by atoms with Gasteiger partial charge in [-0.15, -0.1) is 21.5 Å². The average Bonchev–Trinajstić information content (AvgIpc) is 2.96. The molecule has 2 heterocycles. The maximum Gasteiger partial charge on any atom is 0.282 e. The van der Waals surface area contributed by atoms with Crippen LogP contribution in [0.2, 0.25) is 0 Å². The third-order valence-electron chi connectivity index (χ3n) is 2.05. The molecule has 0 saturated heterocycles. The van der Waals surface area contributed by atoms with Crippen molar-refractivity contribution in [3.05, 3.63) is 25.8 Å². The number of carbonyl (C=O) groups excluding carboxylic acids is 1. The van der Waals surface area contributed by atoms with Gasteiger partial charge in [0.1, 0.15) is 0 Å². The average molecular weight is 347 g/mol. The fourth-order valence-corrected chi connectivity index (χ4v) is 3.39. The van der Waals surface area contributed by atoms with Gasteiger partial charge in [-0.05, 0) is 34.3 Å². The van der Waals surface area contributed by atoms with Gasteiger partial charge in [-0.25, -0.2) is 0 Å². The van der Waals surface area contributed by atoms with E-state index in [1.54, 1.807) is 11.3 Å². The van der Waals surface area contributed by atoms with Gasteiger partial charge in [0, 0.05) is 15.9 Å². The lowest BCUT2D eigenvalue weighted by molar-refractivity contribution is 0.0950. The zero-order valence-corrected chi connectivity index (χ0v) is 12.8. The summed E-state index contributed by atoms with van der Waals surface area (Å²) >= 11 is 6.27. The molecule has 0 bridgehead atoms. The summed E-state index contributed by atoms with van der Waals surface area (Å²) in [7, 11) is 0. The molecule has 0 unspecified atom stereocenters. The number of anilines is 1. The Morgan fingerprint density at radius 2 is 2.33 bits per heavy atom. The topological polar surface area (TPSA) is 66.9 Å². The van der Waals surface area contributed by atoms with Crippen LogP contribution in [-0.4, -0.2) is 22.6 Å². The molecule has 0 aliphatic heterocycles. The minimum Gasteiger partial charge on any atom is -0.360 e. The Morgan fingerprint density at radius 1 is 1.50 bits per heavy atom. The molecule has 0 aromatic carbocycles. The summed E-state index contributed by atoms with van der Waals surface area (Å²) in [4.78, 5) is 12.9. The lowest BCUT2D eigenvalue weighted by Gasteiger charge is -2.00. The first-order valence-corrected chi connectivity index (χ1v) is 7.77. The minimum absolute atomic E-state index is 0.197. The summed E-state index contributed by atoms with van der Waals surface area (Å²) in [6.45, 7) is 3.22. The molecule has 2 rings (SSSR count). The Morgan fingerprint density at radius 3 is 3.00 bits per heavy atom. The highest BCUT2D eigenvalue weighted by Crippen LogP contribution is 2.22. The first-order valence-electron chi connectivity index (χ1n) is 5.28. The Kier molecular flexibility index (Phi) is 4.67. The molecule has 1 amide bonds. The second-order valence-electron chi connectivity index (χ2n) is 3.32. The van der Waals surface area contributed by atoms with Crippen LogP contribution >= 0.6 is 38.6 Å². The molecule has 18 heavy (non-hydrogen) atoms. The second-order valence-corrected chi connectivity index (χ2v) is 6.15. The van der Waals surface area contributed by atoms with Crippen molar-refractivity contribution in [2.45, 2.75) is 13.5 Å². The first kappa shape index (κ1) is 13.4. The van der Waals surface area contributed by atoms with E-state index in [4.69, 9.17) is 0 Å². The molecule has 2 aromatic heterocycles. The minimum atomic E-state index is -0.197. The van der Waals surface area contributed by atoms with Crippen molar-refractivity contribution in [1.29, 1.82) is 0 Å². The SMILES string of the molecule is CCNc1nnc(C(=O)NCc2sccc2Br)s1. The van der Waals surface area contributed by atoms with Crippen LogP contribution in [0.4, 0.5) is 5.13 Å². The summed E-state index contributed by atoms with van der Waals surface area (Å²) in [5, 5.41) is 16.6. The number of halogens is 1. The van der Waals surface area contributed by atoms with E-state index in [0.717, 1.165) is 15.9 Å². The Hall–Kier alpha value is -0.990. The van der Waals surface area contributed by atoms with E-state index in [0.29, 0.717) is 16.7 Å². The number of rotatable bonds is 5. The smallest absolute Gasteiger partial charge is 0.282 e. The Labute approximate surface area is 121 Å². The van der Waals surface area contributed by atoms with Crippen LogP contribution < -0.4 is 10.6 Å². The fraction of sp³-hybridized carbons (Fsp3) is 0.300. The zero-order valence-electron chi connectivity index (χ0n) is 9.57. The van der Waals surface area contributed by atoms with Crippen molar-refractivity contribution in [1.82, 2.24) is 15.5 Å². The summed E-state index contributed by atoms with van der Waals surface area (Å²) in [5.74, 6) is -0.197. The molecule has 0 atom stereocenters. The van der Waals surface area contributed by atoms with Gasteiger partial charge in [0.25, 0.3) is 5.91 Å². The van der Waals surface area contributed by atoms with Crippen LogP contribution in [0, 0.1) is 0 Å². The maximum atomic E-state index is 11.8.